The highest BCUT2D eigenvalue weighted by Gasteiger charge is 2.35. The summed E-state index contributed by atoms with van der Waals surface area (Å²) < 4.78 is 43.3. The maximum Gasteiger partial charge on any atom is 0.416 e. The highest BCUT2D eigenvalue weighted by molar-refractivity contribution is 5.62. The molecule has 7 heteroatoms. The number of hydrogen-bond donors (Lipinski definition) is 1. The molecule has 2 atom stereocenters. The number of rotatable bonds is 3. The van der Waals surface area contributed by atoms with Crippen LogP contribution in [0.1, 0.15) is 17.5 Å². The van der Waals surface area contributed by atoms with Gasteiger partial charge in [0.1, 0.15) is 6.07 Å². The minimum absolute atomic E-state index is 0.0555. The Bertz CT molecular complexity index is 554. The molecule has 1 fully saturated rings. The van der Waals surface area contributed by atoms with Crippen LogP contribution in [0.5, 0.6) is 0 Å². The van der Waals surface area contributed by atoms with Crippen molar-refractivity contribution in [2.24, 2.45) is 0 Å². The molecular formula is C14H15F3N2O2. The molecule has 0 radical (unpaired) electrons. The third-order valence-electron chi connectivity index (χ3n) is 3.67. The normalized spacial score (nSPS) is 22.4. The maximum absolute atomic E-state index is 12.7. The van der Waals surface area contributed by atoms with Gasteiger partial charge in [-0.1, -0.05) is 0 Å². The van der Waals surface area contributed by atoms with E-state index in [0.29, 0.717) is 18.7 Å². The molecule has 4 nitrogen and oxygen atoms in total. The van der Waals surface area contributed by atoms with Gasteiger partial charge in [0.2, 0.25) is 0 Å². The molecule has 0 amide bonds. The van der Waals surface area contributed by atoms with Crippen molar-refractivity contribution in [1.82, 2.24) is 0 Å². The summed E-state index contributed by atoms with van der Waals surface area (Å²) in [5.41, 5.74) is -0.519. The summed E-state index contributed by atoms with van der Waals surface area (Å²) >= 11 is 0. The van der Waals surface area contributed by atoms with Gasteiger partial charge in [-0.2, -0.15) is 18.4 Å². The minimum atomic E-state index is -4.49. The lowest BCUT2D eigenvalue weighted by Gasteiger charge is -2.26. The van der Waals surface area contributed by atoms with Crippen LogP contribution in [0.15, 0.2) is 18.2 Å². The molecule has 2 rings (SSSR count). The average Bonchev–Trinajstić information content (AvgIpc) is 2.88. The van der Waals surface area contributed by atoms with Gasteiger partial charge < -0.3 is 14.7 Å². The number of anilines is 1. The van der Waals surface area contributed by atoms with Gasteiger partial charge in [0.05, 0.1) is 35.6 Å². The SMILES string of the molecule is CO[C@@H]1C[C@@H](CO)N(c2ccc(C(F)(F)F)cc2C#N)C1. The summed E-state index contributed by atoms with van der Waals surface area (Å²) in [5.74, 6) is 0. The van der Waals surface area contributed by atoms with Crippen molar-refractivity contribution in [2.45, 2.75) is 24.7 Å². The fraction of sp³-hybridized carbons (Fsp3) is 0.500. The number of nitrogens with zero attached hydrogens (tertiary/aromatic N) is 2. The van der Waals surface area contributed by atoms with E-state index in [2.05, 4.69) is 0 Å². The number of halogens is 3. The quantitative estimate of drug-likeness (QED) is 0.929. The predicted molar refractivity (Wildman–Crippen MR) is 69.8 cm³/mol. The molecule has 0 spiro atoms. The van der Waals surface area contributed by atoms with Crippen LogP contribution < -0.4 is 4.90 Å². The van der Waals surface area contributed by atoms with Crippen molar-refractivity contribution in [3.8, 4) is 6.07 Å². The molecule has 0 aromatic heterocycles. The van der Waals surface area contributed by atoms with Crippen LogP contribution >= 0.6 is 0 Å². The van der Waals surface area contributed by atoms with E-state index in [-0.39, 0.29) is 24.3 Å². The monoisotopic (exact) mass is 300 g/mol. The second kappa shape index (κ2) is 5.92. The number of ether oxygens (including phenoxy) is 1. The fourth-order valence-electron chi connectivity index (χ4n) is 2.56. The second-order valence-electron chi connectivity index (χ2n) is 4.92. The van der Waals surface area contributed by atoms with Crippen molar-refractivity contribution in [2.75, 3.05) is 25.2 Å². The van der Waals surface area contributed by atoms with Crippen LogP contribution in [0, 0.1) is 11.3 Å². The second-order valence-corrected chi connectivity index (χ2v) is 4.92. The molecule has 0 saturated carbocycles. The number of aliphatic hydroxyl groups excluding tert-OH is 1. The van der Waals surface area contributed by atoms with E-state index >= 15 is 0 Å². The topological polar surface area (TPSA) is 56.5 Å². The molecule has 1 heterocycles. The Morgan fingerprint density at radius 3 is 2.71 bits per heavy atom. The maximum atomic E-state index is 12.7. The molecule has 1 saturated heterocycles. The van der Waals surface area contributed by atoms with E-state index in [1.165, 1.54) is 6.07 Å². The fourth-order valence-corrected chi connectivity index (χ4v) is 2.56. The van der Waals surface area contributed by atoms with Crippen molar-refractivity contribution in [3.63, 3.8) is 0 Å². The van der Waals surface area contributed by atoms with E-state index in [4.69, 9.17) is 10.00 Å². The summed E-state index contributed by atoms with van der Waals surface area (Å²) in [5, 5.41) is 18.5. The first-order chi connectivity index (χ1) is 9.90. The highest BCUT2D eigenvalue weighted by Crippen LogP contribution is 2.35. The molecule has 0 unspecified atom stereocenters. The third kappa shape index (κ3) is 3.12. The first-order valence-electron chi connectivity index (χ1n) is 6.42. The third-order valence-corrected chi connectivity index (χ3v) is 3.67. The molecule has 1 aliphatic rings. The number of methoxy groups -OCH3 is 1. The van der Waals surface area contributed by atoms with Crippen LogP contribution in [0.3, 0.4) is 0 Å². The summed E-state index contributed by atoms with van der Waals surface area (Å²) in [7, 11) is 1.54. The molecule has 1 N–H and O–H groups in total. The summed E-state index contributed by atoms with van der Waals surface area (Å²) in [6.07, 6.45) is -4.03. The van der Waals surface area contributed by atoms with Gasteiger partial charge in [-0.05, 0) is 24.6 Å². The molecule has 114 valence electrons. The van der Waals surface area contributed by atoms with Crippen molar-refractivity contribution >= 4 is 5.69 Å². The van der Waals surface area contributed by atoms with E-state index in [9.17, 15) is 18.3 Å². The number of alkyl halides is 3. The van der Waals surface area contributed by atoms with Crippen LogP contribution in [-0.2, 0) is 10.9 Å². The Morgan fingerprint density at radius 1 is 1.48 bits per heavy atom. The highest BCUT2D eigenvalue weighted by atomic mass is 19.4. The molecule has 1 aromatic carbocycles. The van der Waals surface area contributed by atoms with E-state index in [1.807, 2.05) is 0 Å². The van der Waals surface area contributed by atoms with E-state index < -0.39 is 11.7 Å². The lowest BCUT2D eigenvalue weighted by molar-refractivity contribution is -0.137. The Morgan fingerprint density at radius 2 is 2.19 bits per heavy atom. The Labute approximate surface area is 120 Å². The standard InChI is InChI=1S/C14H15F3N2O2/c1-21-12-5-11(8-20)19(7-12)13-3-2-10(14(15,16)17)4-9(13)6-18/h2-4,11-12,20H,5,7-8H2,1H3/t11-,12+/m0/s1. The molecule has 0 aliphatic carbocycles. The van der Waals surface area contributed by atoms with E-state index in [1.54, 1.807) is 18.1 Å². The Kier molecular flexibility index (Phi) is 4.40. The molecule has 21 heavy (non-hydrogen) atoms. The van der Waals surface area contributed by atoms with Crippen LogP contribution in [0.4, 0.5) is 18.9 Å². The lowest BCUT2D eigenvalue weighted by Crippen LogP contribution is -2.33. The van der Waals surface area contributed by atoms with Gasteiger partial charge in [-0.15, -0.1) is 0 Å². The van der Waals surface area contributed by atoms with E-state index in [0.717, 1.165) is 12.1 Å². The van der Waals surface area contributed by atoms with Gasteiger partial charge in [-0.3, -0.25) is 0 Å². The van der Waals surface area contributed by atoms with Crippen LogP contribution in [0.25, 0.3) is 0 Å². The van der Waals surface area contributed by atoms with Gasteiger partial charge in [-0.25, -0.2) is 0 Å². The zero-order valence-corrected chi connectivity index (χ0v) is 11.4. The predicted octanol–water partition coefficient (Wildman–Crippen LogP) is 2.16. The van der Waals surface area contributed by atoms with Gasteiger partial charge in [0.15, 0.2) is 0 Å². The molecule has 1 aromatic rings. The van der Waals surface area contributed by atoms with Gasteiger partial charge >= 0.3 is 6.18 Å². The Hall–Kier alpha value is -1.78. The van der Waals surface area contributed by atoms with Crippen molar-refractivity contribution in [1.29, 1.82) is 5.26 Å². The smallest absolute Gasteiger partial charge is 0.394 e. The van der Waals surface area contributed by atoms with Crippen LogP contribution in [0.2, 0.25) is 0 Å². The molecular weight excluding hydrogens is 285 g/mol. The summed E-state index contributed by atoms with van der Waals surface area (Å²) in [6.45, 7) is 0.285. The van der Waals surface area contributed by atoms with Gasteiger partial charge in [0.25, 0.3) is 0 Å². The lowest BCUT2D eigenvalue weighted by atomic mass is 10.1. The number of nitriles is 1. The Balaban J connectivity index is 2.38. The summed E-state index contributed by atoms with van der Waals surface area (Å²) in [4.78, 5) is 1.73. The largest absolute Gasteiger partial charge is 0.416 e. The number of benzene rings is 1. The van der Waals surface area contributed by atoms with Crippen molar-refractivity contribution < 1.29 is 23.0 Å². The first-order valence-corrected chi connectivity index (χ1v) is 6.42. The molecule has 1 aliphatic heterocycles. The average molecular weight is 300 g/mol. The number of hydrogen-bond acceptors (Lipinski definition) is 4. The summed E-state index contributed by atoms with van der Waals surface area (Å²) in [6, 6.07) is 4.60. The van der Waals surface area contributed by atoms with Gasteiger partial charge in [0, 0.05) is 13.7 Å². The van der Waals surface area contributed by atoms with Crippen molar-refractivity contribution in [3.05, 3.63) is 29.3 Å². The minimum Gasteiger partial charge on any atom is -0.394 e. The zero-order chi connectivity index (χ0) is 15.6. The zero-order valence-electron chi connectivity index (χ0n) is 11.4. The number of aliphatic hydroxyl groups is 1. The first kappa shape index (κ1) is 15.6. The van der Waals surface area contributed by atoms with Crippen LogP contribution in [-0.4, -0.2) is 37.5 Å². The molecule has 0 bridgehead atoms.